The van der Waals surface area contributed by atoms with Crippen LogP contribution in [0.5, 0.6) is 0 Å². The minimum atomic E-state index is -4.27. The molecule has 0 aromatic rings. The number of phosphoric acid groups is 1. The van der Waals surface area contributed by atoms with Gasteiger partial charge in [-0.3, -0.25) is 13.8 Å². The third-order valence-electron chi connectivity index (χ3n) is 9.33. The lowest BCUT2D eigenvalue weighted by molar-refractivity contribution is -0.870. The second kappa shape index (κ2) is 36.2. The number of hydrogen-bond acceptors (Lipinski definition) is 6. The van der Waals surface area contributed by atoms with Gasteiger partial charge < -0.3 is 18.9 Å². The smallest absolute Gasteiger partial charge is 0.457 e. The lowest BCUT2D eigenvalue weighted by atomic mass is 10.0. The third-order valence-corrected chi connectivity index (χ3v) is 10.3. The molecule has 0 saturated heterocycles. The van der Waals surface area contributed by atoms with Gasteiger partial charge >= 0.3 is 13.8 Å². The SMILES string of the molecule is CCCCCCCC/C=C/CCCCCCCC(=O)OC(COCCCCCCCCCCCCCCCC)COP(=O)(O)OCC[N+](C)(C)C. The molecule has 2 unspecified atom stereocenters. The van der Waals surface area contributed by atoms with E-state index in [4.69, 9.17) is 18.5 Å². The Balaban J connectivity index is 4.24. The summed E-state index contributed by atoms with van der Waals surface area (Å²) in [6, 6.07) is 0. The summed E-state index contributed by atoms with van der Waals surface area (Å²) in [4.78, 5) is 22.8. The molecule has 0 saturated carbocycles. The average molecular weight is 747 g/mol. The summed E-state index contributed by atoms with van der Waals surface area (Å²) in [5, 5.41) is 0. The molecule has 2 atom stereocenters. The number of ether oxygens (including phenoxy) is 2. The van der Waals surface area contributed by atoms with Crippen molar-refractivity contribution in [1.82, 2.24) is 0 Å². The summed E-state index contributed by atoms with van der Waals surface area (Å²) >= 11 is 0. The standard InChI is InChI=1S/C42H84NO7P/c1-6-8-10-12-14-16-18-20-22-23-25-27-29-31-33-35-42(44)50-41(40-49-51(45,46)48-38-36-43(3,4)5)39-47-37-34-32-30-28-26-24-21-19-17-15-13-11-9-7-2/h20,22,41H,6-19,21,23-40H2,1-5H3/p+1/b22-20+. The summed E-state index contributed by atoms with van der Waals surface area (Å²) in [7, 11) is 1.67. The van der Waals surface area contributed by atoms with Gasteiger partial charge in [0.2, 0.25) is 0 Å². The van der Waals surface area contributed by atoms with E-state index in [2.05, 4.69) is 26.0 Å². The van der Waals surface area contributed by atoms with E-state index in [-0.39, 0.29) is 25.8 Å². The zero-order valence-electron chi connectivity index (χ0n) is 34.4. The molecule has 304 valence electrons. The van der Waals surface area contributed by atoms with Crippen molar-refractivity contribution in [2.75, 3.05) is 54.1 Å². The molecule has 51 heavy (non-hydrogen) atoms. The molecule has 9 heteroatoms. The maximum Gasteiger partial charge on any atom is 0.472 e. The van der Waals surface area contributed by atoms with E-state index in [1.807, 2.05) is 21.1 Å². The molecule has 1 N–H and O–H groups in total. The molecule has 8 nitrogen and oxygen atoms in total. The molecule has 0 bridgehead atoms. The molecular weight excluding hydrogens is 661 g/mol. The number of phosphoric ester groups is 1. The molecule has 0 fully saturated rings. The predicted octanol–water partition coefficient (Wildman–Crippen LogP) is 12.3. The van der Waals surface area contributed by atoms with Crippen molar-refractivity contribution in [3.63, 3.8) is 0 Å². The fraction of sp³-hybridized carbons (Fsp3) is 0.929. The minimum absolute atomic E-state index is 0.0901. The summed E-state index contributed by atoms with van der Waals surface area (Å²) < 4.78 is 35.0. The summed E-state index contributed by atoms with van der Waals surface area (Å²) in [5.41, 5.74) is 0. The van der Waals surface area contributed by atoms with Gasteiger partial charge in [0, 0.05) is 13.0 Å². The van der Waals surface area contributed by atoms with E-state index in [0.29, 0.717) is 24.1 Å². The predicted molar refractivity (Wildman–Crippen MR) is 215 cm³/mol. The van der Waals surface area contributed by atoms with Crippen LogP contribution in [0.4, 0.5) is 0 Å². The number of allylic oxidation sites excluding steroid dienone is 2. The fourth-order valence-corrected chi connectivity index (χ4v) is 6.70. The van der Waals surface area contributed by atoms with Gasteiger partial charge in [-0.05, 0) is 38.5 Å². The second-order valence-electron chi connectivity index (χ2n) is 15.7. The quantitative estimate of drug-likeness (QED) is 0.0219. The normalized spacial score (nSPS) is 13.9. The van der Waals surface area contributed by atoms with Crippen molar-refractivity contribution in [2.24, 2.45) is 0 Å². The number of rotatable bonds is 40. The number of quaternary nitrogens is 1. The first-order valence-electron chi connectivity index (χ1n) is 21.4. The van der Waals surface area contributed by atoms with Crippen LogP contribution < -0.4 is 0 Å². The first-order valence-corrected chi connectivity index (χ1v) is 22.9. The maximum atomic E-state index is 12.7. The van der Waals surface area contributed by atoms with E-state index in [9.17, 15) is 14.3 Å². The molecule has 0 rings (SSSR count). The van der Waals surface area contributed by atoms with Crippen LogP contribution in [0.3, 0.4) is 0 Å². The van der Waals surface area contributed by atoms with E-state index >= 15 is 0 Å². The van der Waals surface area contributed by atoms with E-state index in [0.717, 1.165) is 38.5 Å². The van der Waals surface area contributed by atoms with Gasteiger partial charge in [0.05, 0.1) is 34.4 Å². The molecular formula is C42H85NO7P+. The van der Waals surface area contributed by atoms with Crippen LogP contribution in [0.2, 0.25) is 0 Å². The van der Waals surface area contributed by atoms with Crippen LogP contribution in [0.25, 0.3) is 0 Å². The Kier molecular flexibility index (Phi) is 35.7. The number of likely N-dealkylation sites (N-methyl/N-ethyl adjacent to an activating group) is 1. The number of hydrogen-bond donors (Lipinski definition) is 1. The lowest BCUT2D eigenvalue weighted by Crippen LogP contribution is -2.37. The first-order chi connectivity index (χ1) is 24.6. The van der Waals surface area contributed by atoms with E-state index in [1.54, 1.807) is 0 Å². The zero-order valence-corrected chi connectivity index (χ0v) is 35.3. The van der Waals surface area contributed by atoms with Crippen molar-refractivity contribution in [3.8, 4) is 0 Å². The molecule has 0 aromatic carbocycles. The zero-order chi connectivity index (χ0) is 37.7. The van der Waals surface area contributed by atoms with Crippen molar-refractivity contribution < 1.29 is 37.3 Å². The fourth-order valence-electron chi connectivity index (χ4n) is 5.96. The van der Waals surface area contributed by atoms with Crippen molar-refractivity contribution in [3.05, 3.63) is 12.2 Å². The highest BCUT2D eigenvalue weighted by molar-refractivity contribution is 7.47. The molecule has 0 aliphatic carbocycles. The topological polar surface area (TPSA) is 91.3 Å². The number of unbranched alkanes of at least 4 members (excludes halogenated alkanes) is 24. The molecule has 0 aliphatic rings. The van der Waals surface area contributed by atoms with Gasteiger partial charge in [0.25, 0.3) is 0 Å². The molecule has 0 amide bonds. The Labute approximate surface area is 316 Å². The number of esters is 1. The molecule has 0 radical (unpaired) electrons. The van der Waals surface area contributed by atoms with Gasteiger partial charge in [-0.2, -0.15) is 0 Å². The molecule has 0 heterocycles. The summed E-state index contributed by atoms with van der Waals surface area (Å²) in [5.74, 6) is -0.319. The van der Waals surface area contributed by atoms with Crippen LogP contribution in [0.15, 0.2) is 12.2 Å². The third kappa shape index (κ3) is 40.3. The van der Waals surface area contributed by atoms with Crippen LogP contribution in [-0.4, -0.2) is 75.6 Å². The van der Waals surface area contributed by atoms with Crippen LogP contribution in [-0.2, 0) is 27.9 Å². The highest BCUT2D eigenvalue weighted by atomic mass is 31.2. The molecule has 0 aliphatic heterocycles. The Hall–Kier alpha value is -0.760. The Bertz CT molecular complexity index is 833. The minimum Gasteiger partial charge on any atom is -0.457 e. The van der Waals surface area contributed by atoms with Crippen molar-refractivity contribution in [2.45, 2.75) is 200 Å². The highest BCUT2D eigenvalue weighted by Gasteiger charge is 2.26. The number of carbonyl (C=O) groups excluding carboxylic acids is 1. The van der Waals surface area contributed by atoms with Gasteiger partial charge in [-0.15, -0.1) is 0 Å². The summed E-state index contributed by atoms with van der Waals surface area (Å²) in [6.45, 7) is 5.64. The van der Waals surface area contributed by atoms with Crippen LogP contribution >= 0.6 is 7.82 Å². The van der Waals surface area contributed by atoms with Crippen molar-refractivity contribution in [1.29, 1.82) is 0 Å². The molecule has 0 spiro atoms. The number of nitrogens with zero attached hydrogens (tertiary/aromatic N) is 1. The Morgan fingerprint density at radius 1 is 0.588 bits per heavy atom. The number of carbonyl (C=O) groups is 1. The average Bonchev–Trinajstić information content (AvgIpc) is 3.08. The Morgan fingerprint density at radius 2 is 1.02 bits per heavy atom. The first kappa shape index (κ1) is 50.2. The van der Waals surface area contributed by atoms with E-state index < -0.39 is 13.9 Å². The largest absolute Gasteiger partial charge is 0.472 e. The van der Waals surface area contributed by atoms with Gasteiger partial charge in [-0.25, -0.2) is 4.57 Å². The monoisotopic (exact) mass is 747 g/mol. The van der Waals surface area contributed by atoms with Crippen molar-refractivity contribution >= 4 is 13.8 Å². The maximum absolute atomic E-state index is 12.7. The van der Waals surface area contributed by atoms with Gasteiger partial charge in [0.15, 0.2) is 0 Å². The lowest BCUT2D eigenvalue weighted by Gasteiger charge is -2.24. The van der Waals surface area contributed by atoms with Gasteiger partial charge in [0.1, 0.15) is 19.3 Å². The molecule has 0 aromatic heterocycles. The van der Waals surface area contributed by atoms with Crippen LogP contribution in [0.1, 0.15) is 194 Å². The second-order valence-corrected chi connectivity index (χ2v) is 17.2. The van der Waals surface area contributed by atoms with E-state index in [1.165, 1.54) is 135 Å². The highest BCUT2D eigenvalue weighted by Crippen LogP contribution is 2.43. The van der Waals surface area contributed by atoms with Gasteiger partial charge in [-0.1, -0.05) is 161 Å². The Morgan fingerprint density at radius 3 is 1.49 bits per heavy atom. The summed E-state index contributed by atoms with van der Waals surface area (Å²) in [6.07, 6.45) is 38.0. The van der Waals surface area contributed by atoms with Crippen LogP contribution in [0, 0.1) is 0 Å².